The number of rotatable bonds is 12. The molecule has 0 atom stereocenters. The van der Waals surface area contributed by atoms with Gasteiger partial charge in [-0.1, -0.05) is 35.9 Å². The topological polar surface area (TPSA) is 84.0 Å². The lowest BCUT2D eigenvalue weighted by molar-refractivity contribution is 0.172. The van der Waals surface area contributed by atoms with Crippen LogP contribution in [-0.4, -0.2) is 45.6 Å². The van der Waals surface area contributed by atoms with Crippen LogP contribution in [0.15, 0.2) is 71.1 Å². The van der Waals surface area contributed by atoms with Gasteiger partial charge in [0.15, 0.2) is 5.13 Å². The van der Waals surface area contributed by atoms with E-state index in [0.717, 1.165) is 53.0 Å². The third kappa shape index (κ3) is 6.43. The molecule has 1 aliphatic rings. The third-order valence-electron chi connectivity index (χ3n) is 6.96. The number of halogens is 2. The van der Waals surface area contributed by atoms with Crippen molar-refractivity contribution in [2.75, 3.05) is 36.9 Å². The summed E-state index contributed by atoms with van der Waals surface area (Å²) in [6, 6.07) is 15.4. The number of methoxy groups -OCH3 is 2. The van der Waals surface area contributed by atoms with Crippen LogP contribution in [0.5, 0.6) is 11.5 Å². The van der Waals surface area contributed by atoms with Crippen LogP contribution in [0, 0.1) is 5.82 Å². The number of ether oxygens (including phenoxy) is 2. The van der Waals surface area contributed by atoms with Gasteiger partial charge in [-0.2, -0.15) is 0 Å². The second kappa shape index (κ2) is 12.6. The summed E-state index contributed by atoms with van der Waals surface area (Å²) in [5.74, 6) is 0.0564. The fourth-order valence-electron chi connectivity index (χ4n) is 4.57. The first-order chi connectivity index (χ1) is 19.8. The molecule has 0 unspecified atom stereocenters. The van der Waals surface area contributed by atoms with Crippen LogP contribution in [0.3, 0.4) is 0 Å². The van der Waals surface area contributed by atoms with Gasteiger partial charge in [-0.25, -0.2) is 22.1 Å². The van der Waals surface area contributed by atoms with E-state index in [2.05, 4.69) is 21.3 Å². The van der Waals surface area contributed by atoms with Crippen molar-refractivity contribution < 1.29 is 22.3 Å². The molecule has 8 nitrogen and oxygen atoms in total. The number of sulfonamides is 1. The highest BCUT2D eigenvalue weighted by Crippen LogP contribution is 2.35. The van der Waals surface area contributed by atoms with Gasteiger partial charge in [0.1, 0.15) is 22.2 Å². The molecular weight excluding hydrogens is 587 g/mol. The predicted molar refractivity (Wildman–Crippen MR) is 160 cm³/mol. The van der Waals surface area contributed by atoms with Gasteiger partial charge in [0.2, 0.25) is 0 Å². The van der Waals surface area contributed by atoms with E-state index in [0.29, 0.717) is 29.3 Å². The summed E-state index contributed by atoms with van der Waals surface area (Å²) >= 11 is 7.65. The summed E-state index contributed by atoms with van der Waals surface area (Å²) in [6.07, 6.45) is 2.70. The van der Waals surface area contributed by atoms with E-state index in [1.807, 2.05) is 18.2 Å². The van der Waals surface area contributed by atoms with Crippen molar-refractivity contribution in [1.29, 1.82) is 0 Å². The summed E-state index contributed by atoms with van der Waals surface area (Å²) in [6.45, 7) is 3.28. The standard InChI is InChI=1S/C29H30ClFN4O4S2/c1-38-23-9-8-22(27(14-23)39-2)19-35(29-32-10-13-40-29)41(36,37)28-15-24(30)26(16-25(28)31)33-17-20-6-3-4-7-21(20)18-34-11-5-12-34/h3-4,6-10,13-16,33H,5,11-12,17-19H2,1-2H3. The van der Waals surface area contributed by atoms with Crippen molar-refractivity contribution in [3.8, 4) is 11.5 Å². The highest BCUT2D eigenvalue weighted by atomic mass is 35.5. The van der Waals surface area contributed by atoms with Gasteiger partial charge >= 0.3 is 0 Å². The summed E-state index contributed by atoms with van der Waals surface area (Å²) < 4.78 is 55.1. The molecule has 0 spiro atoms. The van der Waals surface area contributed by atoms with E-state index in [1.54, 1.807) is 23.6 Å². The Morgan fingerprint density at radius 1 is 1.07 bits per heavy atom. The molecule has 0 amide bonds. The molecule has 41 heavy (non-hydrogen) atoms. The lowest BCUT2D eigenvalue weighted by Crippen LogP contribution is -2.36. The number of thiazole rings is 1. The molecule has 4 aromatic rings. The molecule has 1 aromatic heterocycles. The molecule has 0 saturated carbocycles. The Morgan fingerprint density at radius 2 is 1.85 bits per heavy atom. The lowest BCUT2D eigenvalue weighted by atomic mass is 10.1. The maximum atomic E-state index is 15.6. The largest absolute Gasteiger partial charge is 0.497 e. The highest BCUT2D eigenvalue weighted by molar-refractivity contribution is 7.93. The number of hydrogen-bond donors (Lipinski definition) is 1. The molecule has 12 heteroatoms. The number of nitrogens with zero attached hydrogens (tertiary/aromatic N) is 3. The Kier molecular flexibility index (Phi) is 8.98. The number of nitrogens with one attached hydrogen (secondary N) is 1. The summed E-state index contributed by atoms with van der Waals surface area (Å²) in [4.78, 5) is 6.01. The smallest absolute Gasteiger partial charge is 0.269 e. The van der Waals surface area contributed by atoms with Crippen LogP contribution in [-0.2, 0) is 29.7 Å². The number of anilines is 2. The van der Waals surface area contributed by atoms with E-state index in [-0.39, 0.29) is 16.7 Å². The van der Waals surface area contributed by atoms with Crippen molar-refractivity contribution in [1.82, 2.24) is 9.88 Å². The van der Waals surface area contributed by atoms with Crippen molar-refractivity contribution in [3.05, 3.63) is 93.7 Å². The Bertz CT molecular complexity index is 1620. The molecule has 0 aliphatic carbocycles. The van der Waals surface area contributed by atoms with Gasteiger partial charge in [0, 0.05) is 36.3 Å². The Hall–Kier alpha value is -3.38. The Balaban J connectivity index is 1.41. The molecule has 0 radical (unpaired) electrons. The van der Waals surface area contributed by atoms with Gasteiger partial charge < -0.3 is 14.8 Å². The molecule has 0 bridgehead atoms. The second-order valence-electron chi connectivity index (χ2n) is 9.52. The number of aromatic nitrogens is 1. The zero-order valence-corrected chi connectivity index (χ0v) is 25.0. The van der Waals surface area contributed by atoms with Crippen LogP contribution in [0.2, 0.25) is 5.02 Å². The lowest BCUT2D eigenvalue weighted by Gasteiger charge is -2.31. The van der Waals surface area contributed by atoms with E-state index in [9.17, 15) is 8.42 Å². The van der Waals surface area contributed by atoms with Crippen LogP contribution in [0.25, 0.3) is 0 Å². The Morgan fingerprint density at radius 3 is 2.51 bits per heavy atom. The Labute approximate surface area is 248 Å². The number of benzene rings is 3. The van der Waals surface area contributed by atoms with Gasteiger partial charge in [0.25, 0.3) is 10.0 Å². The summed E-state index contributed by atoms with van der Waals surface area (Å²) in [5.41, 5.74) is 3.10. The highest BCUT2D eigenvalue weighted by Gasteiger charge is 2.31. The zero-order valence-electron chi connectivity index (χ0n) is 22.6. The van der Waals surface area contributed by atoms with Crippen molar-refractivity contribution in [2.24, 2.45) is 0 Å². The van der Waals surface area contributed by atoms with Crippen LogP contribution in [0.4, 0.5) is 15.2 Å². The summed E-state index contributed by atoms with van der Waals surface area (Å²) in [5, 5.41) is 5.10. The maximum absolute atomic E-state index is 15.6. The monoisotopic (exact) mass is 616 g/mol. The SMILES string of the molecule is COc1ccc(CN(c2nccs2)S(=O)(=O)c2cc(Cl)c(NCc3ccccc3CN3CCC3)cc2F)c(OC)c1. The van der Waals surface area contributed by atoms with Crippen molar-refractivity contribution in [3.63, 3.8) is 0 Å². The molecule has 2 heterocycles. The number of likely N-dealkylation sites (tertiary alicyclic amines) is 1. The predicted octanol–water partition coefficient (Wildman–Crippen LogP) is 6.17. The van der Waals surface area contributed by atoms with Crippen molar-refractivity contribution >= 4 is 43.8 Å². The maximum Gasteiger partial charge on any atom is 0.269 e. The fourth-order valence-corrected chi connectivity index (χ4v) is 7.20. The first-order valence-corrected chi connectivity index (χ1v) is 15.6. The average Bonchev–Trinajstić information content (AvgIpc) is 3.48. The summed E-state index contributed by atoms with van der Waals surface area (Å²) in [7, 11) is -1.41. The average molecular weight is 617 g/mol. The molecule has 1 N–H and O–H groups in total. The molecular formula is C29H30ClFN4O4S2. The molecule has 5 rings (SSSR count). The van der Waals surface area contributed by atoms with Crippen LogP contribution < -0.4 is 19.1 Å². The first-order valence-electron chi connectivity index (χ1n) is 13.0. The third-order valence-corrected chi connectivity index (χ3v) is 9.93. The quantitative estimate of drug-likeness (QED) is 0.204. The van der Waals surface area contributed by atoms with Crippen LogP contribution >= 0.6 is 22.9 Å². The first kappa shape index (κ1) is 29.1. The second-order valence-corrected chi connectivity index (χ2v) is 12.6. The van der Waals surface area contributed by atoms with Crippen molar-refractivity contribution in [2.45, 2.75) is 31.0 Å². The normalized spacial score (nSPS) is 13.5. The molecule has 3 aromatic carbocycles. The minimum absolute atomic E-state index is 0.0892. The van der Waals surface area contributed by atoms with Gasteiger partial charge in [-0.05, 0) is 54.9 Å². The fraction of sp³-hybridized carbons (Fsp3) is 0.276. The minimum Gasteiger partial charge on any atom is -0.497 e. The van der Waals surface area contributed by atoms with Crippen LogP contribution in [0.1, 0.15) is 23.1 Å². The van der Waals surface area contributed by atoms with Gasteiger partial charge in [-0.3, -0.25) is 4.90 Å². The minimum atomic E-state index is -4.41. The van der Waals surface area contributed by atoms with E-state index < -0.39 is 20.7 Å². The van der Waals surface area contributed by atoms with E-state index in [4.69, 9.17) is 21.1 Å². The number of hydrogen-bond acceptors (Lipinski definition) is 8. The molecule has 216 valence electrons. The zero-order chi connectivity index (χ0) is 29.0. The van der Waals surface area contributed by atoms with Gasteiger partial charge in [-0.15, -0.1) is 11.3 Å². The van der Waals surface area contributed by atoms with Gasteiger partial charge in [0.05, 0.1) is 31.5 Å². The van der Waals surface area contributed by atoms with E-state index in [1.165, 1.54) is 32.4 Å². The molecule has 1 fully saturated rings. The van der Waals surface area contributed by atoms with E-state index >= 15 is 4.39 Å². The molecule has 1 aliphatic heterocycles. The molecule has 1 saturated heterocycles.